The number of imidazole rings is 1. The molecule has 1 unspecified atom stereocenters. The van der Waals surface area contributed by atoms with Gasteiger partial charge in [0, 0.05) is 24.6 Å². The Morgan fingerprint density at radius 1 is 0.731 bits per heavy atom. The van der Waals surface area contributed by atoms with Crippen LogP contribution in [0.2, 0.25) is 0 Å². The van der Waals surface area contributed by atoms with Gasteiger partial charge in [0.1, 0.15) is 18.1 Å². The number of rotatable bonds is 15. The van der Waals surface area contributed by atoms with Crippen molar-refractivity contribution in [2.24, 2.45) is 5.73 Å². The summed E-state index contributed by atoms with van der Waals surface area (Å²) in [7, 11) is 0. The van der Waals surface area contributed by atoms with Gasteiger partial charge >= 0.3 is 0 Å². The molecule has 1 atom stereocenters. The van der Waals surface area contributed by atoms with Crippen LogP contribution in [0.3, 0.4) is 0 Å². The molecule has 7 aromatic rings. The molecule has 0 aliphatic heterocycles. The van der Waals surface area contributed by atoms with Crippen molar-refractivity contribution in [2.75, 3.05) is 6.54 Å². The molecule has 0 aliphatic rings. The average Bonchev–Trinajstić information content (AvgIpc) is 3.83. The number of benzene rings is 4. The van der Waals surface area contributed by atoms with Crippen molar-refractivity contribution < 1.29 is 18.7 Å². The Hall–Kier alpha value is -6.32. The zero-order valence-electron chi connectivity index (χ0n) is 28.7. The lowest BCUT2D eigenvalue weighted by atomic mass is 9.97. The zero-order chi connectivity index (χ0) is 35.7. The molecule has 3 aromatic heterocycles. The monoisotopic (exact) mass is 689 g/mol. The van der Waals surface area contributed by atoms with Crippen LogP contribution in [-0.4, -0.2) is 38.6 Å². The Labute approximate surface area is 302 Å². The lowest BCUT2D eigenvalue weighted by molar-refractivity contribution is -0.126. The number of hydrogen-bond donors (Lipinski definition) is 2. The summed E-state index contributed by atoms with van der Waals surface area (Å²) in [5.74, 6) is 0.937. The first-order valence-electron chi connectivity index (χ1n) is 17.3. The zero-order valence-corrected chi connectivity index (χ0v) is 28.7. The number of nitrogens with zero attached hydrogens (tertiary/aromatic N) is 3. The molecule has 3 heterocycles. The summed E-state index contributed by atoms with van der Waals surface area (Å²) in [6.07, 6.45) is 5.25. The second kappa shape index (κ2) is 16.1. The van der Waals surface area contributed by atoms with Crippen molar-refractivity contribution in [2.45, 2.75) is 38.3 Å². The van der Waals surface area contributed by atoms with Crippen molar-refractivity contribution in [1.82, 2.24) is 19.7 Å². The Morgan fingerprint density at radius 3 is 2.08 bits per heavy atom. The van der Waals surface area contributed by atoms with Gasteiger partial charge in [0.25, 0.3) is 0 Å². The second-order valence-corrected chi connectivity index (χ2v) is 12.7. The fraction of sp³-hybridized carbons (Fsp3) is 0.163. The lowest BCUT2D eigenvalue weighted by Crippen LogP contribution is -2.45. The SMILES string of the molecule is NCC(=O)NC(Cc1ccccc1)C(=O)Cc1ccc(COc2c(Cc3ccco3)nc3c(Cc4ccccc4)nc(-c4ccccc4)cn23)cc1. The lowest BCUT2D eigenvalue weighted by Gasteiger charge is -2.18. The highest BCUT2D eigenvalue weighted by atomic mass is 16.5. The highest BCUT2D eigenvalue weighted by Gasteiger charge is 2.22. The summed E-state index contributed by atoms with van der Waals surface area (Å²) in [5, 5.41) is 2.80. The fourth-order valence-electron chi connectivity index (χ4n) is 6.21. The second-order valence-electron chi connectivity index (χ2n) is 12.7. The molecule has 7 rings (SSSR count). The molecule has 0 saturated heterocycles. The molecule has 3 N–H and O–H groups in total. The molecule has 52 heavy (non-hydrogen) atoms. The molecule has 0 bridgehead atoms. The molecular formula is C43H39N5O4. The molecule has 0 fully saturated rings. The number of nitrogens with one attached hydrogen (secondary N) is 1. The van der Waals surface area contributed by atoms with Crippen LogP contribution in [0.4, 0.5) is 0 Å². The standard InChI is InChI=1S/C43H39N5O4/c44-27-41(50)46-36(23-30-11-4-1-5-12-30)40(49)25-32-18-20-33(21-19-32)29-52-43-38(26-35-17-10-22-51-35)47-42-37(24-31-13-6-2-7-14-31)45-39(28-48(42)43)34-15-8-3-9-16-34/h1-22,28,36H,23-27,29,44H2,(H,46,50). The number of furan rings is 1. The van der Waals surface area contributed by atoms with E-state index in [0.29, 0.717) is 25.1 Å². The average molecular weight is 690 g/mol. The summed E-state index contributed by atoms with van der Waals surface area (Å²) >= 11 is 0. The maximum Gasteiger partial charge on any atom is 0.234 e. The van der Waals surface area contributed by atoms with Gasteiger partial charge in [-0.15, -0.1) is 0 Å². The van der Waals surface area contributed by atoms with E-state index in [9.17, 15) is 9.59 Å². The van der Waals surface area contributed by atoms with E-state index in [2.05, 4.69) is 17.4 Å². The minimum atomic E-state index is -0.675. The molecule has 260 valence electrons. The number of Topliss-reactive ketones (excluding diaryl/α,β-unsaturated/α-hetero) is 1. The van der Waals surface area contributed by atoms with Gasteiger partial charge in [0.05, 0.1) is 36.7 Å². The Balaban J connectivity index is 1.15. The van der Waals surface area contributed by atoms with Crippen LogP contribution in [0.15, 0.2) is 144 Å². The molecule has 9 nitrogen and oxygen atoms in total. The first kappa shape index (κ1) is 34.1. The first-order chi connectivity index (χ1) is 25.5. The molecule has 9 heteroatoms. The maximum absolute atomic E-state index is 13.4. The number of hydrogen-bond acceptors (Lipinski definition) is 7. The van der Waals surface area contributed by atoms with Crippen molar-refractivity contribution in [3.63, 3.8) is 0 Å². The number of aromatic nitrogens is 3. The predicted octanol–water partition coefficient (Wildman–Crippen LogP) is 6.55. The smallest absolute Gasteiger partial charge is 0.234 e. The molecule has 0 radical (unpaired) electrons. The molecule has 0 saturated carbocycles. The summed E-state index contributed by atoms with van der Waals surface area (Å²) < 4.78 is 14.3. The third-order valence-corrected chi connectivity index (χ3v) is 8.87. The molecule has 1 amide bonds. The third kappa shape index (κ3) is 8.34. The van der Waals surface area contributed by atoms with Gasteiger partial charge in [-0.25, -0.2) is 9.97 Å². The van der Waals surface area contributed by atoms with Crippen LogP contribution in [0, 0.1) is 0 Å². The van der Waals surface area contributed by atoms with E-state index in [1.54, 1.807) is 6.26 Å². The molecule has 0 aliphatic carbocycles. The Bertz CT molecular complexity index is 2230. The number of carbonyl (C=O) groups excluding carboxylic acids is 2. The van der Waals surface area contributed by atoms with Gasteiger partial charge in [-0.2, -0.15) is 0 Å². The molecule has 0 spiro atoms. The number of nitrogens with two attached hydrogens (primary N) is 1. The summed E-state index contributed by atoms with van der Waals surface area (Å²) in [5.41, 5.74) is 13.5. The van der Waals surface area contributed by atoms with Crippen LogP contribution in [0.5, 0.6) is 5.88 Å². The first-order valence-corrected chi connectivity index (χ1v) is 17.3. The highest BCUT2D eigenvalue weighted by molar-refractivity contribution is 5.91. The van der Waals surface area contributed by atoms with E-state index in [0.717, 1.165) is 56.3 Å². The highest BCUT2D eigenvalue weighted by Crippen LogP contribution is 2.30. The van der Waals surface area contributed by atoms with Crippen LogP contribution in [-0.2, 0) is 41.9 Å². The predicted molar refractivity (Wildman–Crippen MR) is 200 cm³/mol. The summed E-state index contributed by atoms with van der Waals surface area (Å²) in [4.78, 5) is 35.7. The van der Waals surface area contributed by atoms with E-state index in [1.807, 2.05) is 126 Å². The topological polar surface area (TPSA) is 125 Å². The number of amides is 1. The minimum Gasteiger partial charge on any atom is -0.472 e. The van der Waals surface area contributed by atoms with Gasteiger partial charge in [-0.1, -0.05) is 115 Å². The van der Waals surface area contributed by atoms with Crippen LogP contribution in [0.1, 0.15) is 39.4 Å². The summed E-state index contributed by atoms with van der Waals surface area (Å²) in [6, 6.07) is 40.8. The number of carbonyl (C=O) groups is 2. The third-order valence-electron chi connectivity index (χ3n) is 8.87. The Morgan fingerprint density at radius 2 is 1.40 bits per heavy atom. The van der Waals surface area contributed by atoms with Crippen LogP contribution >= 0.6 is 0 Å². The van der Waals surface area contributed by atoms with E-state index >= 15 is 0 Å². The number of ketones is 1. The van der Waals surface area contributed by atoms with Crippen molar-refractivity contribution >= 4 is 17.3 Å². The van der Waals surface area contributed by atoms with Crippen molar-refractivity contribution in [1.29, 1.82) is 0 Å². The van der Waals surface area contributed by atoms with Crippen molar-refractivity contribution in [3.8, 4) is 17.1 Å². The largest absolute Gasteiger partial charge is 0.472 e. The van der Waals surface area contributed by atoms with E-state index in [-0.39, 0.29) is 31.3 Å². The fourth-order valence-corrected chi connectivity index (χ4v) is 6.21. The molecular weight excluding hydrogens is 651 g/mol. The number of ether oxygens (including phenoxy) is 1. The van der Waals surface area contributed by atoms with Gasteiger partial charge < -0.3 is 20.2 Å². The summed E-state index contributed by atoms with van der Waals surface area (Å²) in [6.45, 7) is 0.0920. The van der Waals surface area contributed by atoms with Crippen LogP contribution in [0.25, 0.3) is 16.9 Å². The quantitative estimate of drug-likeness (QED) is 0.125. The van der Waals surface area contributed by atoms with Gasteiger partial charge in [-0.3, -0.25) is 14.0 Å². The van der Waals surface area contributed by atoms with Crippen LogP contribution < -0.4 is 15.8 Å². The Kier molecular flexibility index (Phi) is 10.6. The van der Waals surface area contributed by atoms with Gasteiger partial charge in [-0.05, 0) is 40.8 Å². The van der Waals surface area contributed by atoms with Gasteiger partial charge in [0.2, 0.25) is 11.8 Å². The minimum absolute atomic E-state index is 0.0860. The maximum atomic E-state index is 13.4. The van der Waals surface area contributed by atoms with E-state index < -0.39 is 6.04 Å². The van der Waals surface area contributed by atoms with Gasteiger partial charge in [0.15, 0.2) is 11.4 Å². The van der Waals surface area contributed by atoms with E-state index in [1.165, 1.54) is 0 Å². The van der Waals surface area contributed by atoms with E-state index in [4.69, 9.17) is 24.9 Å². The molecule has 4 aromatic carbocycles. The number of fused-ring (bicyclic) bond motifs is 1. The van der Waals surface area contributed by atoms with Crippen molar-refractivity contribution in [3.05, 3.63) is 179 Å². The normalized spacial score (nSPS) is 11.7.